The minimum Gasteiger partial charge on any atom is -0.409 e. The lowest BCUT2D eigenvalue weighted by Crippen LogP contribution is -2.14. The molecule has 2 rings (SSSR count). The molecule has 0 unspecified atom stereocenters. The van der Waals surface area contributed by atoms with Crippen molar-refractivity contribution < 1.29 is 5.21 Å². The molecule has 0 radical (unpaired) electrons. The van der Waals surface area contributed by atoms with Crippen molar-refractivity contribution >= 4 is 17.6 Å². The van der Waals surface area contributed by atoms with E-state index in [1.54, 1.807) is 18.3 Å². The van der Waals surface area contributed by atoms with Gasteiger partial charge in [0.1, 0.15) is 11.5 Å². The summed E-state index contributed by atoms with van der Waals surface area (Å²) in [6.45, 7) is 1.83. The van der Waals surface area contributed by atoms with Gasteiger partial charge in [0.2, 0.25) is 5.16 Å². The number of amidine groups is 1. The van der Waals surface area contributed by atoms with E-state index in [2.05, 4.69) is 25.3 Å². The molecule has 0 amide bonds. The summed E-state index contributed by atoms with van der Waals surface area (Å²) in [5.41, 5.74) is 5.82. The van der Waals surface area contributed by atoms with Gasteiger partial charge in [-0.2, -0.15) is 0 Å². The number of nitrogens with zero attached hydrogens (tertiary/aromatic N) is 4. The zero-order valence-electron chi connectivity index (χ0n) is 8.95. The van der Waals surface area contributed by atoms with E-state index in [-0.39, 0.29) is 5.84 Å². The van der Waals surface area contributed by atoms with Crippen LogP contribution in [0.5, 0.6) is 0 Å². The first-order chi connectivity index (χ1) is 8.19. The van der Waals surface area contributed by atoms with E-state index in [0.29, 0.717) is 10.9 Å². The highest BCUT2D eigenvalue weighted by Crippen LogP contribution is 2.23. The molecule has 2 aromatic rings. The Morgan fingerprint density at radius 2 is 2.35 bits per heavy atom. The molecule has 0 aliphatic carbocycles. The van der Waals surface area contributed by atoms with E-state index in [4.69, 9.17) is 10.9 Å². The molecule has 7 nitrogen and oxygen atoms in total. The normalized spacial score (nSPS) is 11.7. The van der Waals surface area contributed by atoms with Gasteiger partial charge in [0.25, 0.3) is 0 Å². The Hall–Kier alpha value is -2.09. The van der Waals surface area contributed by atoms with Gasteiger partial charge in [-0.05, 0) is 30.8 Å². The standard InChI is InChI=1S/C9H10N6OS/c1-5-12-9(14-13-5)17-6-2-3-7(11-4-6)8(10)15-16/h2-4,16H,1H3,(H2,10,15)(H,12,13,14). The van der Waals surface area contributed by atoms with Gasteiger partial charge in [0.15, 0.2) is 5.84 Å². The molecule has 8 heteroatoms. The number of aryl methyl sites for hydroxylation is 1. The van der Waals surface area contributed by atoms with Crippen molar-refractivity contribution in [1.29, 1.82) is 0 Å². The Morgan fingerprint density at radius 3 is 2.88 bits per heavy atom. The molecule has 4 N–H and O–H groups in total. The molecule has 2 heterocycles. The molecule has 0 aliphatic rings. The smallest absolute Gasteiger partial charge is 0.213 e. The highest BCUT2D eigenvalue weighted by molar-refractivity contribution is 7.99. The highest BCUT2D eigenvalue weighted by Gasteiger charge is 2.05. The molecular weight excluding hydrogens is 240 g/mol. The van der Waals surface area contributed by atoms with Crippen molar-refractivity contribution in [3.63, 3.8) is 0 Å². The monoisotopic (exact) mass is 250 g/mol. The number of aromatic nitrogens is 4. The van der Waals surface area contributed by atoms with Crippen LogP contribution in [0.2, 0.25) is 0 Å². The molecule has 0 spiro atoms. The molecule has 2 aromatic heterocycles. The molecule has 0 saturated carbocycles. The number of hydrogen-bond acceptors (Lipinski definition) is 6. The maximum Gasteiger partial charge on any atom is 0.213 e. The van der Waals surface area contributed by atoms with Gasteiger partial charge in [-0.3, -0.25) is 10.1 Å². The predicted octanol–water partition coefficient (Wildman–Crippen LogP) is 0.754. The third-order valence-corrected chi connectivity index (χ3v) is 2.73. The number of hydrogen-bond donors (Lipinski definition) is 3. The Kier molecular flexibility index (Phi) is 3.24. The first-order valence-electron chi connectivity index (χ1n) is 4.70. The van der Waals surface area contributed by atoms with E-state index < -0.39 is 0 Å². The summed E-state index contributed by atoms with van der Waals surface area (Å²) in [7, 11) is 0. The van der Waals surface area contributed by atoms with Crippen LogP contribution < -0.4 is 5.73 Å². The van der Waals surface area contributed by atoms with Crippen molar-refractivity contribution in [2.75, 3.05) is 0 Å². The number of nitrogens with one attached hydrogen (secondary N) is 1. The molecule has 0 bridgehead atoms. The maximum absolute atomic E-state index is 8.49. The first kappa shape index (κ1) is 11.4. The number of oxime groups is 1. The SMILES string of the molecule is Cc1nc(Sc2ccc(/C(N)=N/O)nc2)n[nH]1. The fraction of sp³-hybridized carbons (Fsp3) is 0.111. The average Bonchev–Trinajstić information content (AvgIpc) is 2.75. The number of pyridine rings is 1. The molecule has 0 fully saturated rings. The Labute approximate surface area is 101 Å². The van der Waals surface area contributed by atoms with Gasteiger partial charge in [-0.15, -0.1) is 5.10 Å². The molecule has 88 valence electrons. The topological polar surface area (TPSA) is 113 Å². The van der Waals surface area contributed by atoms with Crippen LogP contribution in [0.15, 0.2) is 33.5 Å². The third-order valence-electron chi connectivity index (χ3n) is 1.89. The Balaban J connectivity index is 2.13. The predicted molar refractivity (Wildman–Crippen MR) is 62.0 cm³/mol. The second-order valence-electron chi connectivity index (χ2n) is 3.17. The zero-order chi connectivity index (χ0) is 12.3. The summed E-state index contributed by atoms with van der Waals surface area (Å²) in [6.07, 6.45) is 1.61. The van der Waals surface area contributed by atoms with Crippen LogP contribution in [0.3, 0.4) is 0 Å². The summed E-state index contributed by atoms with van der Waals surface area (Å²) in [5.74, 6) is 0.740. The van der Waals surface area contributed by atoms with Crippen molar-refractivity contribution in [3.05, 3.63) is 29.8 Å². The lowest BCUT2D eigenvalue weighted by molar-refractivity contribution is 0.318. The minimum atomic E-state index is -0.0183. The summed E-state index contributed by atoms with van der Waals surface area (Å²) in [6, 6.07) is 3.47. The summed E-state index contributed by atoms with van der Waals surface area (Å²) < 4.78 is 0. The van der Waals surface area contributed by atoms with Gasteiger partial charge >= 0.3 is 0 Å². The summed E-state index contributed by atoms with van der Waals surface area (Å²) in [5, 5.41) is 18.7. The van der Waals surface area contributed by atoms with E-state index in [9.17, 15) is 0 Å². The van der Waals surface area contributed by atoms with E-state index in [1.165, 1.54) is 11.8 Å². The molecule has 17 heavy (non-hydrogen) atoms. The van der Waals surface area contributed by atoms with Gasteiger partial charge in [0, 0.05) is 11.1 Å². The average molecular weight is 250 g/mol. The lowest BCUT2D eigenvalue weighted by Gasteiger charge is -1.99. The molecule has 0 atom stereocenters. The van der Waals surface area contributed by atoms with Crippen LogP contribution in [0.1, 0.15) is 11.5 Å². The zero-order valence-corrected chi connectivity index (χ0v) is 9.77. The molecule has 0 aromatic carbocycles. The van der Waals surface area contributed by atoms with Gasteiger partial charge < -0.3 is 10.9 Å². The first-order valence-corrected chi connectivity index (χ1v) is 5.51. The van der Waals surface area contributed by atoms with Gasteiger partial charge in [0.05, 0.1) is 0 Å². The van der Waals surface area contributed by atoms with Crippen LogP contribution >= 0.6 is 11.8 Å². The van der Waals surface area contributed by atoms with Crippen molar-refractivity contribution in [3.8, 4) is 0 Å². The second-order valence-corrected chi connectivity index (χ2v) is 4.21. The second kappa shape index (κ2) is 4.83. The minimum absolute atomic E-state index is 0.0183. The molecule has 0 saturated heterocycles. The van der Waals surface area contributed by atoms with Gasteiger partial charge in [-0.1, -0.05) is 5.16 Å². The molecule has 0 aliphatic heterocycles. The fourth-order valence-electron chi connectivity index (χ4n) is 1.12. The van der Waals surface area contributed by atoms with Crippen molar-refractivity contribution in [2.24, 2.45) is 10.9 Å². The van der Waals surface area contributed by atoms with Crippen molar-refractivity contribution in [2.45, 2.75) is 17.0 Å². The van der Waals surface area contributed by atoms with Crippen LogP contribution in [0.4, 0.5) is 0 Å². The van der Waals surface area contributed by atoms with Crippen LogP contribution in [-0.2, 0) is 0 Å². The summed E-state index contributed by atoms with van der Waals surface area (Å²) >= 11 is 1.38. The Bertz CT molecular complexity index is 535. The number of rotatable bonds is 3. The van der Waals surface area contributed by atoms with E-state index in [0.717, 1.165) is 10.7 Å². The highest BCUT2D eigenvalue weighted by atomic mass is 32.2. The largest absolute Gasteiger partial charge is 0.409 e. The number of H-pyrrole nitrogens is 1. The summed E-state index contributed by atoms with van der Waals surface area (Å²) in [4.78, 5) is 9.08. The maximum atomic E-state index is 8.49. The van der Waals surface area contributed by atoms with E-state index in [1.807, 2.05) is 6.92 Å². The van der Waals surface area contributed by atoms with Gasteiger partial charge in [-0.25, -0.2) is 4.98 Å². The van der Waals surface area contributed by atoms with Crippen molar-refractivity contribution in [1.82, 2.24) is 20.2 Å². The van der Waals surface area contributed by atoms with Crippen LogP contribution in [0.25, 0.3) is 0 Å². The third kappa shape index (κ3) is 2.72. The Morgan fingerprint density at radius 1 is 1.53 bits per heavy atom. The fourth-order valence-corrected chi connectivity index (χ4v) is 1.84. The number of aromatic amines is 1. The number of nitrogens with two attached hydrogens (primary N) is 1. The quantitative estimate of drug-likeness (QED) is 0.321. The van der Waals surface area contributed by atoms with E-state index >= 15 is 0 Å². The molecular formula is C9H10N6OS. The van der Waals surface area contributed by atoms with Crippen LogP contribution in [0, 0.1) is 6.92 Å². The lowest BCUT2D eigenvalue weighted by atomic mass is 10.3. The van der Waals surface area contributed by atoms with Crippen LogP contribution in [-0.4, -0.2) is 31.2 Å².